The molecule has 0 saturated heterocycles. The molecule has 1 aliphatic rings. The molecule has 4 aromatic heterocycles. The van der Waals surface area contributed by atoms with Gasteiger partial charge in [0.15, 0.2) is 11.5 Å². The normalized spacial score (nSPS) is 14.0. The van der Waals surface area contributed by atoms with Crippen LogP contribution in [-0.2, 0) is 20.0 Å². The number of pyridine rings is 1. The summed E-state index contributed by atoms with van der Waals surface area (Å²) in [6, 6.07) is 4.24. The van der Waals surface area contributed by atoms with E-state index in [4.69, 9.17) is 10.1 Å². The highest BCUT2D eigenvalue weighted by Gasteiger charge is 2.23. The molecule has 0 N–H and O–H groups in total. The Balaban J connectivity index is 1.54. The first-order chi connectivity index (χ1) is 13.1. The predicted molar refractivity (Wildman–Crippen MR) is 101 cm³/mol. The average molecular weight is 360 g/mol. The van der Waals surface area contributed by atoms with Crippen LogP contribution in [0.3, 0.4) is 0 Å². The number of hydrogen-bond donors (Lipinski definition) is 0. The van der Waals surface area contributed by atoms with Crippen molar-refractivity contribution in [2.45, 2.75) is 26.8 Å². The van der Waals surface area contributed by atoms with Crippen molar-refractivity contribution in [2.24, 2.45) is 7.05 Å². The van der Waals surface area contributed by atoms with Crippen LogP contribution in [-0.4, -0.2) is 41.1 Å². The van der Waals surface area contributed by atoms with Crippen molar-refractivity contribution < 1.29 is 0 Å². The zero-order chi connectivity index (χ0) is 18.5. The van der Waals surface area contributed by atoms with Crippen LogP contribution in [0.15, 0.2) is 30.9 Å². The number of anilines is 1. The molecule has 0 aromatic carbocycles. The van der Waals surface area contributed by atoms with Gasteiger partial charge in [-0.15, -0.1) is 15.3 Å². The second-order valence-electron chi connectivity index (χ2n) is 7.01. The van der Waals surface area contributed by atoms with Gasteiger partial charge in [0.25, 0.3) is 0 Å². The molecular weight excluding hydrogens is 340 g/mol. The Morgan fingerprint density at radius 2 is 2.04 bits per heavy atom. The smallest absolute Gasteiger partial charge is 0.180 e. The Morgan fingerprint density at radius 1 is 1.15 bits per heavy atom. The molecule has 0 atom stereocenters. The van der Waals surface area contributed by atoms with Gasteiger partial charge in [-0.3, -0.25) is 9.67 Å². The van der Waals surface area contributed by atoms with E-state index in [-0.39, 0.29) is 0 Å². The average Bonchev–Trinajstić information content (AvgIpc) is 3.32. The third-order valence-electron chi connectivity index (χ3n) is 5.42. The predicted octanol–water partition coefficient (Wildman–Crippen LogP) is 2.10. The Morgan fingerprint density at radius 3 is 2.85 bits per heavy atom. The van der Waals surface area contributed by atoms with E-state index in [1.165, 1.54) is 5.56 Å². The summed E-state index contributed by atoms with van der Waals surface area (Å²) in [5.74, 6) is 0.983. The van der Waals surface area contributed by atoms with Crippen molar-refractivity contribution in [1.29, 1.82) is 0 Å². The molecule has 27 heavy (non-hydrogen) atoms. The maximum atomic E-state index is 4.76. The molecule has 5 heterocycles. The van der Waals surface area contributed by atoms with Crippen LogP contribution in [0.4, 0.5) is 5.82 Å². The Hall–Kier alpha value is -3.29. The number of rotatable bonds is 2. The minimum Gasteiger partial charge on any atom is -0.350 e. The minimum absolute atomic E-state index is 0.787. The second-order valence-corrected chi connectivity index (χ2v) is 7.01. The number of aromatic nitrogens is 7. The van der Waals surface area contributed by atoms with E-state index in [9.17, 15) is 0 Å². The lowest BCUT2D eigenvalue weighted by molar-refractivity contribution is 0.687. The van der Waals surface area contributed by atoms with Gasteiger partial charge in [0.2, 0.25) is 0 Å². The zero-order valence-electron chi connectivity index (χ0n) is 15.6. The molecule has 0 amide bonds. The highest BCUT2D eigenvalue weighted by Crippen LogP contribution is 2.29. The molecule has 4 aromatic rings. The van der Waals surface area contributed by atoms with E-state index in [0.717, 1.165) is 59.1 Å². The summed E-state index contributed by atoms with van der Waals surface area (Å²) >= 11 is 0. The van der Waals surface area contributed by atoms with Crippen molar-refractivity contribution >= 4 is 11.5 Å². The summed E-state index contributed by atoms with van der Waals surface area (Å²) < 4.78 is 3.64. The molecule has 0 unspecified atom stereocenters. The van der Waals surface area contributed by atoms with Crippen LogP contribution >= 0.6 is 0 Å². The van der Waals surface area contributed by atoms with Crippen LogP contribution in [0.1, 0.15) is 22.4 Å². The third-order valence-corrected chi connectivity index (χ3v) is 5.42. The highest BCUT2D eigenvalue weighted by atomic mass is 15.4. The lowest BCUT2D eigenvalue weighted by Crippen LogP contribution is -2.32. The Labute approximate surface area is 156 Å². The molecule has 5 rings (SSSR count). The summed E-state index contributed by atoms with van der Waals surface area (Å²) in [6.07, 6.45) is 6.32. The van der Waals surface area contributed by atoms with Crippen molar-refractivity contribution in [3.63, 3.8) is 0 Å². The fourth-order valence-electron chi connectivity index (χ4n) is 3.77. The van der Waals surface area contributed by atoms with E-state index < -0.39 is 0 Å². The lowest BCUT2D eigenvalue weighted by atomic mass is 10.0. The number of hydrogen-bond acceptors (Lipinski definition) is 6. The van der Waals surface area contributed by atoms with Crippen LogP contribution in [0, 0.1) is 13.8 Å². The second kappa shape index (κ2) is 5.87. The van der Waals surface area contributed by atoms with Gasteiger partial charge < -0.3 is 4.90 Å². The van der Waals surface area contributed by atoms with Crippen molar-refractivity contribution in [1.82, 2.24) is 34.6 Å². The fraction of sp³-hybridized carbons (Fsp3) is 0.316. The van der Waals surface area contributed by atoms with Crippen LogP contribution in [0.5, 0.6) is 0 Å². The van der Waals surface area contributed by atoms with Gasteiger partial charge in [-0.25, -0.2) is 0 Å². The quantitative estimate of drug-likeness (QED) is 0.545. The first-order valence-electron chi connectivity index (χ1n) is 9.00. The van der Waals surface area contributed by atoms with Gasteiger partial charge in [-0.2, -0.15) is 9.61 Å². The van der Waals surface area contributed by atoms with E-state index in [1.807, 2.05) is 30.2 Å². The summed E-state index contributed by atoms with van der Waals surface area (Å²) in [7, 11) is 1.95. The molecule has 0 fully saturated rings. The molecule has 1 aliphatic heterocycles. The van der Waals surface area contributed by atoms with Gasteiger partial charge in [0.05, 0.1) is 5.69 Å². The van der Waals surface area contributed by atoms with Crippen LogP contribution in [0.25, 0.3) is 16.9 Å². The van der Waals surface area contributed by atoms with Gasteiger partial charge in [0.1, 0.15) is 6.33 Å². The maximum Gasteiger partial charge on any atom is 0.180 e. The molecule has 136 valence electrons. The van der Waals surface area contributed by atoms with Gasteiger partial charge in [0, 0.05) is 61.3 Å². The van der Waals surface area contributed by atoms with Crippen molar-refractivity contribution in [3.8, 4) is 11.3 Å². The largest absolute Gasteiger partial charge is 0.350 e. The van der Waals surface area contributed by atoms with E-state index >= 15 is 0 Å². The molecule has 0 saturated carbocycles. The molecule has 8 heteroatoms. The minimum atomic E-state index is 0.787. The zero-order valence-corrected chi connectivity index (χ0v) is 15.6. The summed E-state index contributed by atoms with van der Waals surface area (Å²) in [5.41, 5.74) is 7.64. The van der Waals surface area contributed by atoms with E-state index in [1.54, 1.807) is 10.8 Å². The number of aryl methyl sites for hydroxylation is 2. The number of nitrogens with zero attached hydrogens (tertiary/aromatic N) is 8. The first kappa shape index (κ1) is 15.9. The molecule has 0 spiro atoms. The topological polar surface area (TPSA) is 77.0 Å². The molecular formula is C19H20N8. The van der Waals surface area contributed by atoms with Gasteiger partial charge in [-0.05, 0) is 31.5 Å². The summed E-state index contributed by atoms with van der Waals surface area (Å²) in [5, 5.41) is 17.2. The number of fused-ring (bicyclic) bond motifs is 2. The van der Waals surface area contributed by atoms with Crippen molar-refractivity contribution in [2.75, 3.05) is 11.4 Å². The highest BCUT2D eigenvalue weighted by molar-refractivity contribution is 5.62. The third kappa shape index (κ3) is 2.48. The van der Waals surface area contributed by atoms with E-state index in [0.29, 0.717) is 0 Å². The van der Waals surface area contributed by atoms with E-state index in [2.05, 4.69) is 40.1 Å². The summed E-state index contributed by atoms with van der Waals surface area (Å²) in [6.45, 7) is 5.86. The van der Waals surface area contributed by atoms with Crippen LogP contribution < -0.4 is 4.90 Å². The molecule has 0 radical (unpaired) electrons. The standard InChI is InChI=1S/C19H20N8/c1-12-13(2)19(24-27-11-21-23-18(12)27)26-7-5-16-15(10-26)8-14(9-20-16)17-4-6-22-25(17)3/h4,6,8-9,11H,5,7,10H2,1-3H3. The monoisotopic (exact) mass is 360 g/mol. The summed E-state index contributed by atoms with van der Waals surface area (Å²) in [4.78, 5) is 7.03. The Bertz CT molecular complexity index is 1160. The first-order valence-corrected chi connectivity index (χ1v) is 9.00. The molecule has 0 aliphatic carbocycles. The molecule has 8 nitrogen and oxygen atoms in total. The Kier molecular flexibility index (Phi) is 3.46. The molecule has 0 bridgehead atoms. The lowest BCUT2D eigenvalue weighted by Gasteiger charge is -2.30. The van der Waals surface area contributed by atoms with Gasteiger partial charge >= 0.3 is 0 Å². The fourth-order valence-corrected chi connectivity index (χ4v) is 3.77. The SMILES string of the molecule is Cc1c(N2CCc3ncc(-c4ccnn4C)cc3C2)nn2cnnc2c1C. The maximum absolute atomic E-state index is 4.76. The van der Waals surface area contributed by atoms with Crippen LogP contribution in [0.2, 0.25) is 0 Å². The van der Waals surface area contributed by atoms with Crippen molar-refractivity contribution in [3.05, 3.63) is 53.2 Å². The van der Waals surface area contributed by atoms with Gasteiger partial charge in [-0.1, -0.05) is 0 Å².